The Balaban J connectivity index is -0.0000000480. The van der Waals surface area contributed by atoms with Gasteiger partial charge in [0.25, 0.3) is 0 Å². The van der Waals surface area contributed by atoms with E-state index in [2.05, 4.69) is 0 Å². The molecule has 0 spiro atoms. The van der Waals surface area contributed by atoms with Gasteiger partial charge >= 0.3 is 8.60 Å². The molecule has 4 nitrogen and oxygen atoms in total. The van der Waals surface area contributed by atoms with E-state index in [4.69, 9.17) is 19.5 Å². The average Bonchev–Trinajstić information content (AvgIpc) is 1.41. The van der Waals surface area contributed by atoms with Crippen LogP contribution < -0.4 is 0 Å². The molecular formula is CH5O4PRh. The molecule has 7 heavy (non-hydrogen) atoms. The third kappa shape index (κ3) is 384. The minimum atomic E-state index is -2.62. The molecule has 0 bridgehead atoms. The molecule has 0 aromatic heterocycles. The summed E-state index contributed by atoms with van der Waals surface area (Å²) in [6.45, 7) is 2.00. The Morgan fingerprint density at radius 2 is 1.14 bits per heavy atom. The van der Waals surface area contributed by atoms with Gasteiger partial charge in [-0.05, 0) is 0 Å². The van der Waals surface area contributed by atoms with Crippen LogP contribution in [0.3, 0.4) is 0 Å². The van der Waals surface area contributed by atoms with Crippen LogP contribution in [0, 0.1) is 0 Å². The fourth-order valence-corrected chi connectivity index (χ4v) is 0. The van der Waals surface area contributed by atoms with E-state index >= 15 is 0 Å². The maximum atomic E-state index is 8.00. The van der Waals surface area contributed by atoms with Crippen molar-refractivity contribution in [2.24, 2.45) is 0 Å². The van der Waals surface area contributed by atoms with Crippen molar-refractivity contribution in [3.8, 4) is 0 Å². The Kier molecular flexibility index (Phi) is 35.7. The van der Waals surface area contributed by atoms with E-state index in [1.54, 1.807) is 0 Å². The molecule has 1 radical (unpaired) electrons. The van der Waals surface area contributed by atoms with Crippen LogP contribution in [0.2, 0.25) is 0 Å². The van der Waals surface area contributed by atoms with Crippen LogP contribution in [0.4, 0.5) is 0 Å². The van der Waals surface area contributed by atoms with Crippen molar-refractivity contribution in [1.82, 2.24) is 0 Å². The first-order valence-electron chi connectivity index (χ1n) is 0.889. The van der Waals surface area contributed by atoms with Crippen molar-refractivity contribution in [2.45, 2.75) is 0 Å². The number of rotatable bonds is 0. The van der Waals surface area contributed by atoms with E-state index < -0.39 is 8.60 Å². The maximum absolute atomic E-state index is 8.00. The first kappa shape index (κ1) is 15.6. The predicted molar refractivity (Wildman–Crippen MR) is 20.7 cm³/mol. The van der Waals surface area contributed by atoms with E-state index in [-0.39, 0.29) is 19.5 Å². The van der Waals surface area contributed by atoms with Crippen molar-refractivity contribution in [1.29, 1.82) is 0 Å². The molecular weight excluding hydrogens is 210 g/mol. The summed E-state index contributed by atoms with van der Waals surface area (Å²) >= 11 is 0. The molecule has 0 heterocycles. The number of hydrogen-bond donors (Lipinski definition) is 3. The van der Waals surface area contributed by atoms with Crippen LogP contribution in [-0.4, -0.2) is 21.5 Å². The standard InChI is InChI=1S/CH2O.H3O3P.Rh/c1-2;1-4(2)3;/h1H2;1-3H;. The van der Waals surface area contributed by atoms with Crippen LogP contribution in [0.1, 0.15) is 0 Å². The van der Waals surface area contributed by atoms with Crippen molar-refractivity contribution >= 4 is 15.4 Å². The molecule has 0 aliphatic carbocycles. The second kappa shape index (κ2) is 16.0. The summed E-state index contributed by atoms with van der Waals surface area (Å²) in [6.07, 6.45) is 0. The molecule has 0 amide bonds. The summed E-state index contributed by atoms with van der Waals surface area (Å²) in [4.78, 5) is 29.7. The van der Waals surface area contributed by atoms with Crippen LogP contribution in [0.5, 0.6) is 0 Å². The van der Waals surface area contributed by atoms with Crippen LogP contribution in [0.15, 0.2) is 0 Å². The third-order valence-corrected chi connectivity index (χ3v) is 0. The van der Waals surface area contributed by atoms with E-state index in [0.29, 0.717) is 0 Å². The summed E-state index contributed by atoms with van der Waals surface area (Å²) in [5.41, 5.74) is 0. The zero-order valence-corrected chi connectivity index (χ0v) is 5.77. The molecule has 0 rings (SSSR count). The van der Waals surface area contributed by atoms with Crippen molar-refractivity contribution in [3.63, 3.8) is 0 Å². The van der Waals surface area contributed by atoms with Gasteiger partial charge in [0, 0.05) is 19.5 Å². The quantitative estimate of drug-likeness (QED) is 0.357. The summed E-state index contributed by atoms with van der Waals surface area (Å²) in [6, 6.07) is 0. The fourth-order valence-electron chi connectivity index (χ4n) is 0. The van der Waals surface area contributed by atoms with Crippen LogP contribution >= 0.6 is 8.60 Å². The van der Waals surface area contributed by atoms with E-state index in [9.17, 15) is 0 Å². The van der Waals surface area contributed by atoms with E-state index in [0.717, 1.165) is 0 Å². The van der Waals surface area contributed by atoms with Crippen LogP contribution in [-0.2, 0) is 24.3 Å². The van der Waals surface area contributed by atoms with Gasteiger partial charge in [-0.15, -0.1) is 0 Å². The maximum Gasteiger partial charge on any atom is 0.324 e. The minimum absolute atomic E-state index is 0. The Morgan fingerprint density at radius 1 is 1.14 bits per heavy atom. The Morgan fingerprint density at radius 3 is 1.14 bits per heavy atom. The van der Waals surface area contributed by atoms with Gasteiger partial charge in [-0.25, -0.2) is 0 Å². The summed E-state index contributed by atoms with van der Waals surface area (Å²) < 4.78 is 0. The molecule has 0 aliphatic rings. The summed E-state index contributed by atoms with van der Waals surface area (Å²) in [5.74, 6) is 0. The van der Waals surface area contributed by atoms with E-state index in [1.165, 1.54) is 0 Å². The van der Waals surface area contributed by atoms with Gasteiger partial charge in [-0.3, -0.25) is 0 Å². The topological polar surface area (TPSA) is 77.8 Å². The summed E-state index contributed by atoms with van der Waals surface area (Å²) in [5, 5.41) is 0. The molecule has 47 valence electrons. The Bertz CT molecular complexity index is 22.9. The largest absolute Gasteiger partial charge is 0.328 e. The molecule has 3 N–H and O–H groups in total. The Labute approximate surface area is 54.9 Å². The first-order valence-corrected chi connectivity index (χ1v) is 2.09. The number of carbonyl (C=O) groups is 1. The molecule has 0 aliphatic heterocycles. The second-order valence-electron chi connectivity index (χ2n) is 0.268. The zero-order valence-electron chi connectivity index (χ0n) is 3.24. The van der Waals surface area contributed by atoms with Crippen LogP contribution in [0.25, 0.3) is 0 Å². The van der Waals surface area contributed by atoms with Gasteiger partial charge < -0.3 is 19.5 Å². The van der Waals surface area contributed by atoms with Gasteiger partial charge in [-0.2, -0.15) is 0 Å². The van der Waals surface area contributed by atoms with Gasteiger partial charge in [-0.1, -0.05) is 0 Å². The molecule has 0 saturated carbocycles. The second-order valence-corrected chi connectivity index (χ2v) is 0.805. The molecule has 6 heteroatoms. The van der Waals surface area contributed by atoms with E-state index in [1.807, 2.05) is 6.79 Å². The van der Waals surface area contributed by atoms with Crippen molar-refractivity contribution in [3.05, 3.63) is 0 Å². The average molecular weight is 215 g/mol. The van der Waals surface area contributed by atoms with Gasteiger partial charge in [0.15, 0.2) is 0 Å². The van der Waals surface area contributed by atoms with Gasteiger partial charge in [0.05, 0.1) is 0 Å². The number of hydrogen-bond acceptors (Lipinski definition) is 4. The minimum Gasteiger partial charge on any atom is -0.328 e. The van der Waals surface area contributed by atoms with Gasteiger partial charge in [0.1, 0.15) is 6.79 Å². The third-order valence-electron chi connectivity index (χ3n) is 0. The van der Waals surface area contributed by atoms with Crippen molar-refractivity contribution in [2.75, 3.05) is 0 Å². The molecule has 0 saturated heterocycles. The SMILES string of the molecule is C=O.OP(O)O.[Rh]. The van der Waals surface area contributed by atoms with Crippen molar-refractivity contribution < 1.29 is 39.0 Å². The summed E-state index contributed by atoms with van der Waals surface area (Å²) in [7, 11) is -2.62. The Hall–Kier alpha value is 0.603. The molecule has 0 fully saturated rings. The smallest absolute Gasteiger partial charge is 0.324 e. The monoisotopic (exact) mass is 215 g/mol. The van der Waals surface area contributed by atoms with Gasteiger partial charge in [0.2, 0.25) is 0 Å². The number of carbonyl (C=O) groups excluding carboxylic acids is 1. The predicted octanol–water partition coefficient (Wildman–Crippen LogP) is -0.997. The first-order chi connectivity index (χ1) is 2.73. The molecule has 0 aromatic rings. The zero-order chi connectivity index (χ0) is 5.58. The normalized spacial score (nSPS) is 5.71. The fraction of sp³-hybridized carbons (Fsp3) is 0. The molecule has 0 atom stereocenters. The molecule has 0 unspecified atom stereocenters. The molecule has 0 aromatic carbocycles.